The zero-order valence-electron chi connectivity index (χ0n) is 7.15. The second kappa shape index (κ2) is 2.20. The number of allylic oxidation sites excluding steroid dienone is 4. The van der Waals surface area contributed by atoms with Crippen LogP contribution >= 0.6 is 9.24 Å². The molecule has 2 atom stereocenters. The SMILES string of the molecule is CC1=CC(C)(P)C(C)=C1C. The van der Waals surface area contributed by atoms with Crippen LogP contribution in [0.2, 0.25) is 0 Å². The van der Waals surface area contributed by atoms with Crippen LogP contribution in [0.1, 0.15) is 27.7 Å². The Morgan fingerprint density at radius 2 is 1.80 bits per heavy atom. The molecule has 0 saturated carbocycles. The lowest BCUT2D eigenvalue weighted by molar-refractivity contribution is 0.939. The van der Waals surface area contributed by atoms with E-state index in [2.05, 4.69) is 43.0 Å². The van der Waals surface area contributed by atoms with Crippen molar-refractivity contribution >= 4 is 9.24 Å². The summed E-state index contributed by atoms with van der Waals surface area (Å²) in [7, 11) is 2.88. The van der Waals surface area contributed by atoms with Gasteiger partial charge in [-0.2, -0.15) is 0 Å². The van der Waals surface area contributed by atoms with Gasteiger partial charge < -0.3 is 0 Å². The monoisotopic (exact) mass is 154 g/mol. The molecular formula is C9H15P. The molecule has 1 rings (SSSR count). The van der Waals surface area contributed by atoms with E-state index in [1.54, 1.807) is 0 Å². The second-order valence-corrected chi connectivity index (χ2v) is 4.56. The van der Waals surface area contributed by atoms with Gasteiger partial charge in [-0.25, -0.2) is 0 Å². The fourth-order valence-corrected chi connectivity index (χ4v) is 1.83. The molecule has 0 N–H and O–H groups in total. The first-order chi connectivity index (χ1) is 4.45. The van der Waals surface area contributed by atoms with Crippen LogP contribution in [0.15, 0.2) is 22.8 Å². The van der Waals surface area contributed by atoms with Gasteiger partial charge in [-0.05, 0) is 33.3 Å². The molecule has 0 aliphatic heterocycles. The summed E-state index contributed by atoms with van der Waals surface area (Å²) in [6.07, 6.45) is 2.31. The van der Waals surface area contributed by atoms with E-state index in [0.29, 0.717) is 0 Å². The van der Waals surface area contributed by atoms with Crippen molar-refractivity contribution in [2.45, 2.75) is 32.9 Å². The molecule has 0 bridgehead atoms. The third-order valence-electron chi connectivity index (χ3n) is 2.48. The van der Waals surface area contributed by atoms with E-state index in [-0.39, 0.29) is 5.16 Å². The summed E-state index contributed by atoms with van der Waals surface area (Å²) < 4.78 is 0. The van der Waals surface area contributed by atoms with E-state index in [1.165, 1.54) is 16.7 Å². The minimum absolute atomic E-state index is 0.230. The lowest BCUT2D eigenvalue weighted by atomic mass is 10.0. The zero-order chi connectivity index (χ0) is 7.94. The predicted octanol–water partition coefficient (Wildman–Crippen LogP) is 2.92. The molecule has 1 aliphatic carbocycles. The number of rotatable bonds is 0. The maximum atomic E-state index is 2.88. The van der Waals surface area contributed by atoms with E-state index in [9.17, 15) is 0 Å². The van der Waals surface area contributed by atoms with Crippen LogP contribution < -0.4 is 0 Å². The number of hydrogen-bond acceptors (Lipinski definition) is 0. The summed E-state index contributed by atoms with van der Waals surface area (Å²) in [4.78, 5) is 0. The van der Waals surface area contributed by atoms with Crippen molar-refractivity contribution < 1.29 is 0 Å². The molecule has 0 heterocycles. The van der Waals surface area contributed by atoms with Crippen LogP contribution in [-0.4, -0.2) is 5.16 Å². The van der Waals surface area contributed by atoms with Crippen LogP contribution in [0.4, 0.5) is 0 Å². The molecule has 1 aliphatic rings. The van der Waals surface area contributed by atoms with Gasteiger partial charge in [0.05, 0.1) is 0 Å². The van der Waals surface area contributed by atoms with Crippen molar-refractivity contribution in [1.29, 1.82) is 0 Å². The Morgan fingerprint density at radius 1 is 1.30 bits per heavy atom. The fourth-order valence-electron chi connectivity index (χ4n) is 1.37. The van der Waals surface area contributed by atoms with Crippen molar-refractivity contribution in [2.75, 3.05) is 0 Å². The van der Waals surface area contributed by atoms with E-state index in [1.807, 2.05) is 0 Å². The van der Waals surface area contributed by atoms with Gasteiger partial charge in [0.25, 0.3) is 0 Å². The molecule has 0 aromatic rings. The molecule has 0 spiro atoms. The molecule has 0 radical (unpaired) electrons. The topological polar surface area (TPSA) is 0 Å². The average Bonchev–Trinajstić information content (AvgIpc) is 1.95. The Hall–Kier alpha value is -0.0900. The van der Waals surface area contributed by atoms with Crippen LogP contribution in [0, 0.1) is 0 Å². The molecule has 0 saturated heterocycles. The van der Waals surface area contributed by atoms with Crippen molar-refractivity contribution in [2.24, 2.45) is 0 Å². The molecule has 0 nitrogen and oxygen atoms in total. The lowest BCUT2D eigenvalue weighted by Gasteiger charge is -2.16. The molecule has 0 aromatic heterocycles. The van der Waals surface area contributed by atoms with Crippen LogP contribution in [0.3, 0.4) is 0 Å². The Balaban J connectivity index is 3.12. The summed E-state index contributed by atoms with van der Waals surface area (Å²) in [5.74, 6) is 0. The Labute approximate surface area is 65.6 Å². The lowest BCUT2D eigenvalue weighted by Crippen LogP contribution is -2.09. The first-order valence-electron chi connectivity index (χ1n) is 3.62. The standard InChI is InChI=1S/C9H15P/c1-6-5-9(4,10)8(3)7(6)2/h5H,10H2,1-4H3. The molecule has 56 valence electrons. The van der Waals surface area contributed by atoms with Gasteiger partial charge in [0, 0.05) is 5.16 Å². The molecule has 0 aromatic carbocycles. The quantitative estimate of drug-likeness (QED) is 0.470. The minimum Gasteiger partial charge on any atom is -0.123 e. The molecule has 1 heteroatoms. The van der Waals surface area contributed by atoms with Gasteiger partial charge in [0.2, 0.25) is 0 Å². The minimum atomic E-state index is 0.230. The third-order valence-corrected chi connectivity index (χ3v) is 3.08. The first-order valence-corrected chi connectivity index (χ1v) is 4.19. The molecular weight excluding hydrogens is 139 g/mol. The second-order valence-electron chi connectivity index (χ2n) is 3.36. The maximum Gasteiger partial charge on any atom is 0.0215 e. The summed E-state index contributed by atoms with van der Waals surface area (Å²) in [6.45, 7) is 8.80. The third kappa shape index (κ3) is 1.06. The Kier molecular flexibility index (Phi) is 1.76. The highest BCUT2D eigenvalue weighted by atomic mass is 31.0. The smallest absolute Gasteiger partial charge is 0.0215 e. The van der Waals surface area contributed by atoms with E-state index >= 15 is 0 Å². The molecule has 10 heavy (non-hydrogen) atoms. The first kappa shape index (κ1) is 8.01. The average molecular weight is 154 g/mol. The van der Waals surface area contributed by atoms with Crippen molar-refractivity contribution in [3.63, 3.8) is 0 Å². The highest BCUT2D eigenvalue weighted by Crippen LogP contribution is 2.39. The van der Waals surface area contributed by atoms with Gasteiger partial charge in [0.1, 0.15) is 0 Å². The predicted molar refractivity (Wildman–Crippen MR) is 50.2 cm³/mol. The molecule has 0 fully saturated rings. The largest absolute Gasteiger partial charge is 0.123 e. The highest BCUT2D eigenvalue weighted by Gasteiger charge is 2.25. The summed E-state index contributed by atoms with van der Waals surface area (Å²) in [6, 6.07) is 0. The molecule has 0 amide bonds. The molecule has 2 unspecified atom stereocenters. The van der Waals surface area contributed by atoms with Gasteiger partial charge >= 0.3 is 0 Å². The van der Waals surface area contributed by atoms with E-state index in [0.717, 1.165) is 0 Å². The Morgan fingerprint density at radius 3 is 1.90 bits per heavy atom. The van der Waals surface area contributed by atoms with Crippen molar-refractivity contribution in [3.8, 4) is 0 Å². The van der Waals surface area contributed by atoms with Gasteiger partial charge in [-0.1, -0.05) is 17.2 Å². The highest BCUT2D eigenvalue weighted by molar-refractivity contribution is 7.19. The van der Waals surface area contributed by atoms with Crippen molar-refractivity contribution in [3.05, 3.63) is 22.8 Å². The van der Waals surface area contributed by atoms with Crippen LogP contribution in [-0.2, 0) is 0 Å². The van der Waals surface area contributed by atoms with E-state index < -0.39 is 0 Å². The summed E-state index contributed by atoms with van der Waals surface area (Å²) in [5, 5.41) is 0.230. The fraction of sp³-hybridized carbons (Fsp3) is 0.556. The Bertz CT molecular complexity index is 219. The van der Waals surface area contributed by atoms with Crippen molar-refractivity contribution in [1.82, 2.24) is 0 Å². The maximum absolute atomic E-state index is 2.88. The summed E-state index contributed by atoms with van der Waals surface area (Å²) >= 11 is 0. The van der Waals surface area contributed by atoms with Crippen LogP contribution in [0.25, 0.3) is 0 Å². The van der Waals surface area contributed by atoms with Gasteiger partial charge in [-0.3, -0.25) is 0 Å². The van der Waals surface area contributed by atoms with Gasteiger partial charge in [0.15, 0.2) is 0 Å². The normalized spacial score (nSPS) is 33.1. The van der Waals surface area contributed by atoms with Gasteiger partial charge in [-0.15, -0.1) is 9.24 Å². The summed E-state index contributed by atoms with van der Waals surface area (Å²) in [5.41, 5.74) is 4.36. The number of hydrogen-bond donors (Lipinski definition) is 0. The zero-order valence-corrected chi connectivity index (χ0v) is 8.31. The van der Waals surface area contributed by atoms with Crippen LogP contribution in [0.5, 0.6) is 0 Å². The van der Waals surface area contributed by atoms with E-state index in [4.69, 9.17) is 0 Å².